The van der Waals surface area contributed by atoms with Crippen LogP contribution >= 0.6 is 0 Å². The van der Waals surface area contributed by atoms with Gasteiger partial charge in [0, 0.05) is 13.2 Å². The Morgan fingerprint density at radius 1 is 0.973 bits per heavy atom. The molecule has 3 heterocycles. The number of amides is 1. The summed E-state index contributed by atoms with van der Waals surface area (Å²) in [5, 5.41) is 0.452. The third-order valence-electron chi connectivity index (χ3n) is 7.04. The minimum Gasteiger partial charge on any atom is -0.493 e. The van der Waals surface area contributed by atoms with Crippen LogP contribution in [-0.2, 0) is 11.3 Å². The van der Waals surface area contributed by atoms with Gasteiger partial charge in [0.2, 0.25) is 5.76 Å². The minimum absolute atomic E-state index is 0.0827. The molecular weight excluding hydrogens is 470 g/mol. The van der Waals surface area contributed by atoms with Gasteiger partial charge in [0.15, 0.2) is 16.9 Å². The number of carbonyl (C=O) groups is 1. The number of nitrogens with zero attached hydrogens (tertiary/aromatic N) is 1. The molecule has 7 heteroatoms. The molecule has 37 heavy (non-hydrogen) atoms. The molecule has 1 fully saturated rings. The Morgan fingerprint density at radius 3 is 2.57 bits per heavy atom. The van der Waals surface area contributed by atoms with Crippen LogP contribution in [0.15, 0.2) is 82.0 Å². The van der Waals surface area contributed by atoms with E-state index in [0.717, 1.165) is 24.0 Å². The highest BCUT2D eigenvalue weighted by atomic mass is 16.5. The largest absolute Gasteiger partial charge is 0.493 e. The normalized spacial score (nSPS) is 18.8. The summed E-state index contributed by atoms with van der Waals surface area (Å²) in [5.41, 5.74) is 2.34. The average molecular weight is 498 g/mol. The summed E-state index contributed by atoms with van der Waals surface area (Å²) in [5.74, 6) is 0.893. The van der Waals surface area contributed by atoms with Gasteiger partial charge in [-0.25, -0.2) is 0 Å². The maximum Gasteiger partial charge on any atom is 0.291 e. The monoisotopic (exact) mass is 497 g/mol. The van der Waals surface area contributed by atoms with Crippen molar-refractivity contribution in [1.82, 2.24) is 4.90 Å². The molecule has 0 saturated carbocycles. The molecular formula is C30H27NO6. The van der Waals surface area contributed by atoms with Gasteiger partial charge in [-0.1, -0.05) is 48.5 Å². The molecule has 2 aliphatic heterocycles. The predicted octanol–water partition coefficient (Wildman–Crippen LogP) is 5.10. The fraction of sp³-hybridized carbons (Fsp3) is 0.267. The fourth-order valence-electron chi connectivity index (χ4n) is 5.22. The van der Waals surface area contributed by atoms with Gasteiger partial charge in [-0.05, 0) is 48.2 Å². The highest BCUT2D eigenvalue weighted by Crippen LogP contribution is 2.41. The molecule has 4 aromatic rings. The van der Waals surface area contributed by atoms with Crippen LogP contribution in [0.2, 0.25) is 0 Å². The van der Waals surface area contributed by atoms with E-state index in [1.165, 1.54) is 0 Å². The van der Waals surface area contributed by atoms with Crippen molar-refractivity contribution in [3.05, 3.63) is 105 Å². The van der Waals surface area contributed by atoms with Crippen LogP contribution in [-0.4, -0.2) is 37.2 Å². The Bertz CT molecular complexity index is 1510. The van der Waals surface area contributed by atoms with E-state index in [9.17, 15) is 9.59 Å². The number of benzene rings is 3. The first-order valence-electron chi connectivity index (χ1n) is 12.5. The van der Waals surface area contributed by atoms with Crippen molar-refractivity contribution in [2.45, 2.75) is 31.6 Å². The van der Waals surface area contributed by atoms with Gasteiger partial charge in [-0.3, -0.25) is 9.59 Å². The summed E-state index contributed by atoms with van der Waals surface area (Å²) < 4.78 is 23.6. The van der Waals surface area contributed by atoms with Gasteiger partial charge in [0.1, 0.15) is 12.2 Å². The smallest absolute Gasteiger partial charge is 0.291 e. The summed E-state index contributed by atoms with van der Waals surface area (Å²) in [7, 11) is 1.58. The third-order valence-corrected chi connectivity index (χ3v) is 7.04. The molecule has 2 unspecified atom stereocenters. The maximum absolute atomic E-state index is 13.7. The van der Waals surface area contributed by atoms with E-state index in [1.807, 2.05) is 48.5 Å². The fourth-order valence-corrected chi connectivity index (χ4v) is 5.22. The van der Waals surface area contributed by atoms with Crippen molar-refractivity contribution in [2.75, 3.05) is 20.3 Å². The third kappa shape index (κ3) is 4.25. The highest BCUT2D eigenvalue weighted by molar-refractivity contribution is 5.99. The molecule has 0 bridgehead atoms. The summed E-state index contributed by atoms with van der Waals surface area (Å²) in [6.45, 7) is 1.44. The molecule has 2 atom stereocenters. The molecule has 0 radical (unpaired) electrons. The zero-order valence-electron chi connectivity index (χ0n) is 20.5. The maximum atomic E-state index is 13.7. The van der Waals surface area contributed by atoms with Crippen LogP contribution in [0.4, 0.5) is 0 Å². The van der Waals surface area contributed by atoms with Crippen LogP contribution in [0.1, 0.15) is 46.1 Å². The van der Waals surface area contributed by atoms with Crippen molar-refractivity contribution in [3.63, 3.8) is 0 Å². The number of fused-ring (bicyclic) bond motifs is 2. The zero-order valence-corrected chi connectivity index (χ0v) is 20.5. The molecule has 188 valence electrons. The Hall–Kier alpha value is -4.10. The predicted molar refractivity (Wildman–Crippen MR) is 138 cm³/mol. The molecule has 0 spiro atoms. The molecule has 0 aliphatic carbocycles. The average Bonchev–Trinajstić information content (AvgIpc) is 3.55. The molecule has 1 amide bonds. The standard InChI is InChI=1S/C30H27NO6/c1-34-25-16-20(13-14-24(25)36-18-19-8-3-2-4-9-19)27-26-28(32)22-11-5-6-12-23(22)37-29(26)30(33)31(27)17-21-10-7-15-35-21/h2-6,8-9,11-14,16,21,27H,7,10,15,17-18H2,1H3. The lowest BCUT2D eigenvalue weighted by Crippen LogP contribution is -2.36. The Labute approximate surface area is 214 Å². The van der Waals surface area contributed by atoms with E-state index in [1.54, 1.807) is 36.3 Å². The zero-order chi connectivity index (χ0) is 25.4. The van der Waals surface area contributed by atoms with Crippen molar-refractivity contribution < 1.29 is 23.4 Å². The minimum atomic E-state index is -0.621. The molecule has 3 aromatic carbocycles. The molecule has 1 aromatic heterocycles. The van der Waals surface area contributed by atoms with Gasteiger partial charge < -0.3 is 23.5 Å². The summed E-state index contributed by atoms with van der Waals surface area (Å²) in [6, 6.07) is 21.8. The molecule has 6 rings (SSSR count). The van der Waals surface area contributed by atoms with E-state index in [-0.39, 0.29) is 23.2 Å². The number of carbonyl (C=O) groups excluding carboxylic acids is 1. The van der Waals surface area contributed by atoms with Gasteiger partial charge >= 0.3 is 0 Å². The molecule has 7 nitrogen and oxygen atoms in total. The van der Waals surface area contributed by atoms with Crippen LogP contribution in [0.5, 0.6) is 11.5 Å². The lowest BCUT2D eigenvalue weighted by Gasteiger charge is -2.28. The second kappa shape index (κ2) is 9.75. The Kier molecular flexibility index (Phi) is 6.14. The number of methoxy groups -OCH3 is 1. The number of para-hydroxylation sites is 1. The SMILES string of the molecule is COc1cc(C2c3c(oc4ccccc4c3=O)C(=O)N2CC2CCCO2)ccc1OCc1ccccc1. The van der Waals surface area contributed by atoms with Gasteiger partial charge in [0.25, 0.3) is 5.91 Å². The lowest BCUT2D eigenvalue weighted by atomic mass is 9.97. The summed E-state index contributed by atoms with van der Waals surface area (Å²) >= 11 is 0. The summed E-state index contributed by atoms with van der Waals surface area (Å²) in [6.07, 6.45) is 1.74. The first kappa shape index (κ1) is 23.3. The summed E-state index contributed by atoms with van der Waals surface area (Å²) in [4.78, 5) is 29.0. The van der Waals surface area contributed by atoms with Gasteiger partial charge in [-0.15, -0.1) is 0 Å². The molecule has 1 saturated heterocycles. The van der Waals surface area contributed by atoms with E-state index >= 15 is 0 Å². The highest BCUT2D eigenvalue weighted by Gasteiger charge is 2.44. The quantitative estimate of drug-likeness (QED) is 0.353. The van der Waals surface area contributed by atoms with Gasteiger partial charge in [-0.2, -0.15) is 0 Å². The Balaban J connectivity index is 1.42. The van der Waals surface area contributed by atoms with Crippen molar-refractivity contribution >= 4 is 16.9 Å². The Morgan fingerprint density at radius 2 is 1.78 bits per heavy atom. The van der Waals surface area contributed by atoms with Crippen LogP contribution in [0, 0.1) is 0 Å². The lowest BCUT2D eigenvalue weighted by molar-refractivity contribution is 0.0486. The van der Waals surface area contributed by atoms with Crippen molar-refractivity contribution in [1.29, 1.82) is 0 Å². The van der Waals surface area contributed by atoms with E-state index in [4.69, 9.17) is 18.6 Å². The van der Waals surface area contributed by atoms with Crippen LogP contribution < -0.4 is 14.9 Å². The number of ether oxygens (including phenoxy) is 3. The van der Waals surface area contributed by atoms with Gasteiger partial charge in [0.05, 0.1) is 30.2 Å². The number of rotatable bonds is 7. The van der Waals surface area contributed by atoms with Crippen LogP contribution in [0.25, 0.3) is 11.0 Å². The molecule has 0 N–H and O–H groups in total. The second-order valence-electron chi connectivity index (χ2n) is 9.35. The topological polar surface area (TPSA) is 78.2 Å². The van der Waals surface area contributed by atoms with E-state index < -0.39 is 6.04 Å². The second-order valence-corrected chi connectivity index (χ2v) is 9.35. The first-order chi connectivity index (χ1) is 18.1. The molecule has 2 aliphatic rings. The van der Waals surface area contributed by atoms with Crippen LogP contribution in [0.3, 0.4) is 0 Å². The first-order valence-corrected chi connectivity index (χ1v) is 12.5. The number of hydrogen-bond donors (Lipinski definition) is 0. The van der Waals surface area contributed by atoms with Crippen molar-refractivity contribution in [2.24, 2.45) is 0 Å². The number of hydrogen-bond acceptors (Lipinski definition) is 6. The van der Waals surface area contributed by atoms with E-state index in [0.29, 0.717) is 47.8 Å². The van der Waals surface area contributed by atoms with Crippen molar-refractivity contribution in [3.8, 4) is 11.5 Å². The van der Waals surface area contributed by atoms with E-state index in [2.05, 4.69) is 0 Å².